The zero-order valence-electron chi connectivity index (χ0n) is 29.8. The lowest BCUT2D eigenvalue weighted by Crippen LogP contribution is -2.14. The molecule has 0 unspecified atom stereocenters. The van der Waals surface area contributed by atoms with Crippen molar-refractivity contribution in [3.8, 4) is 23.0 Å². The molecular weight excluding hydrogens is 600 g/mol. The van der Waals surface area contributed by atoms with Crippen LogP contribution in [0.15, 0.2) is 48.5 Å². The maximum absolute atomic E-state index is 14.2. The van der Waals surface area contributed by atoms with Gasteiger partial charge in [0, 0.05) is 51.9 Å². The van der Waals surface area contributed by atoms with Crippen LogP contribution in [0.3, 0.4) is 0 Å². The first-order valence-electron chi connectivity index (χ1n) is 16.6. The van der Waals surface area contributed by atoms with Crippen molar-refractivity contribution >= 4 is 0 Å². The first-order chi connectivity index (χ1) is 22.7. The Labute approximate surface area is 286 Å². The molecule has 4 aromatic rings. The predicted molar refractivity (Wildman–Crippen MR) is 191 cm³/mol. The van der Waals surface area contributed by atoms with E-state index in [4.69, 9.17) is 0 Å². The SMILES string of the molecule is CN(C)Cc1cc2c([O-])c(c1)Cc1cc(CN(C)C)cc(c1O)Cc1cc(CN(C)C)cc(c1O)Cc1cc(CN(C)C)cc(c1O)C2. The number of aromatic hydroxyl groups is 3. The molecule has 8 heteroatoms. The van der Waals surface area contributed by atoms with Crippen LogP contribution in [0.4, 0.5) is 0 Å². The Hall–Kier alpha value is -4.08. The van der Waals surface area contributed by atoms with Gasteiger partial charge >= 0.3 is 0 Å². The minimum atomic E-state index is -0.0706. The topological polar surface area (TPSA) is 96.7 Å². The second-order valence-corrected chi connectivity index (χ2v) is 14.7. The lowest BCUT2D eigenvalue weighted by atomic mass is 9.88. The summed E-state index contributed by atoms with van der Waals surface area (Å²) >= 11 is 0. The van der Waals surface area contributed by atoms with Crippen molar-refractivity contribution in [2.75, 3.05) is 56.4 Å². The van der Waals surface area contributed by atoms with E-state index in [-0.39, 0.29) is 35.8 Å². The van der Waals surface area contributed by atoms with Gasteiger partial charge in [-0.25, -0.2) is 0 Å². The van der Waals surface area contributed by atoms with Crippen LogP contribution in [0.5, 0.6) is 23.0 Å². The van der Waals surface area contributed by atoms with Crippen molar-refractivity contribution in [2.24, 2.45) is 0 Å². The van der Waals surface area contributed by atoms with E-state index in [0.29, 0.717) is 83.5 Å². The van der Waals surface area contributed by atoms with Gasteiger partial charge in [-0.2, -0.15) is 0 Å². The molecule has 1 aliphatic carbocycles. The minimum Gasteiger partial charge on any atom is -0.872 e. The largest absolute Gasteiger partial charge is 0.872 e. The third-order valence-corrected chi connectivity index (χ3v) is 8.80. The molecule has 0 heterocycles. The molecular formula is C40H51N4O4-. The lowest BCUT2D eigenvalue weighted by molar-refractivity contribution is -0.270. The smallest absolute Gasteiger partial charge is 0.122 e. The summed E-state index contributed by atoms with van der Waals surface area (Å²) in [5.74, 6) is 0.402. The van der Waals surface area contributed by atoms with Crippen LogP contribution in [0.2, 0.25) is 0 Å². The molecule has 8 nitrogen and oxygen atoms in total. The zero-order valence-corrected chi connectivity index (χ0v) is 29.8. The number of rotatable bonds is 8. The Morgan fingerprint density at radius 3 is 0.792 bits per heavy atom. The Bertz CT molecular complexity index is 1440. The number of hydrogen-bond acceptors (Lipinski definition) is 8. The summed E-state index contributed by atoms with van der Waals surface area (Å²) in [4.78, 5) is 8.33. The van der Waals surface area contributed by atoms with Gasteiger partial charge in [0.05, 0.1) is 0 Å². The van der Waals surface area contributed by atoms with Crippen LogP contribution in [-0.2, 0) is 51.9 Å². The summed E-state index contributed by atoms with van der Waals surface area (Å²) in [5, 5.41) is 49.6. The fraction of sp³-hybridized carbons (Fsp3) is 0.400. The molecule has 0 aliphatic heterocycles. The molecule has 0 saturated heterocycles. The van der Waals surface area contributed by atoms with Gasteiger partial charge in [0.25, 0.3) is 0 Å². The summed E-state index contributed by atoms with van der Waals surface area (Å²) in [6.07, 6.45) is 1.16. The van der Waals surface area contributed by atoms with E-state index >= 15 is 0 Å². The van der Waals surface area contributed by atoms with Crippen LogP contribution in [0.25, 0.3) is 0 Å². The molecule has 5 rings (SSSR count). The molecule has 0 saturated carbocycles. The molecule has 0 aromatic heterocycles. The van der Waals surface area contributed by atoms with Gasteiger partial charge in [-0.3, -0.25) is 0 Å². The zero-order chi connectivity index (χ0) is 34.9. The van der Waals surface area contributed by atoms with Crippen molar-refractivity contribution in [1.29, 1.82) is 0 Å². The van der Waals surface area contributed by atoms with Crippen molar-refractivity contribution in [1.82, 2.24) is 19.6 Å². The van der Waals surface area contributed by atoms with E-state index in [1.807, 2.05) is 105 Å². The number of benzene rings is 4. The highest BCUT2D eigenvalue weighted by molar-refractivity contribution is 5.57. The van der Waals surface area contributed by atoms with Crippen LogP contribution < -0.4 is 5.11 Å². The van der Waals surface area contributed by atoms with Crippen LogP contribution in [-0.4, -0.2) is 91.3 Å². The van der Waals surface area contributed by atoms with Gasteiger partial charge in [0.15, 0.2) is 0 Å². The maximum Gasteiger partial charge on any atom is 0.122 e. The predicted octanol–water partition coefficient (Wildman–Crippen LogP) is 4.80. The van der Waals surface area contributed by atoms with E-state index in [1.54, 1.807) is 0 Å². The Balaban J connectivity index is 1.80. The fourth-order valence-corrected chi connectivity index (χ4v) is 7.04. The summed E-state index contributed by atoms with van der Waals surface area (Å²) in [6.45, 7) is 2.65. The van der Waals surface area contributed by atoms with Crippen molar-refractivity contribution < 1.29 is 20.4 Å². The number of fused-ring (bicyclic) bond motifs is 8. The molecule has 0 radical (unpaired) electrons. The molecule has 1 aliphatic rings. The molecule has 8 bridgehead atoms. The molecule has 48 heavy (non-hydrogen) atoms. The molecule has 0 spiro atoms. The summed E-state index contributed by atoms with van der Waals surface area (Å²) in [7, 11) is 16.1. The summed E-state index contributed by atoms with van der Waals surface area (Å²) in [5.41, 5.74) is 9.52. The average molecular weight is 652 g/mol. The highest BCUT2D eigenvalue weighted by Gasteiger charge is 2.21. The second kappa shape index (κ2) is 14.6. The number of phenolic OH excluding ortho intramolecular Hbond substituents is 3. The van der Waals surface area contributed by atoms with Gasteiger partial charge in [-0.15, -0.1) is 5.75 Å². The average Bonchev–Trinajstić information content (AvgIpc) is 2.96. The molecule has 0 atom stereocenters. The number of phenols is 3. The van der Waals surface area contributed by atoms with E-state index in [1.165, 1.54) is 0 Å². The third-order valence-electron chi connectivity index (χ3n) is 8.80. The van der Waals surface area contributed by atoms with Crippen LogP contribution >= 0.6 is 0 Å². The van der Waals surface area contributed by atoms with E-state index in [0.717, 1.165) is 22.3 Å². The first kappa shape index (κ1) is 35.2. The standard InChI is InChI=1S/C40H52N4O4/c1-41(2)21-25-9-29-17-31-11-26(22-42(3)4)13-33(38(31)46)19-35-15-28(24-44(7)8)16-36(40(35)48)20-34-14-27(23-43(5)6)12-32(39(34)47)18-30(10-25)37(29)45/h9-16,45-48H,17-24H2,1-8H3/p-1. The molecule has 4 aromatic carbocycles. The lowest BCUT2D eigenvalue weighted by Gasteiger charge is -2.25. The number of nitrogens with zero attached hydrogens (tertiary/aromatic N) is 4. The fourth-order valence-electron chi connectivity index (χ4n) is 7.04. The van der Waals surface area contributed by atoms with E-state index in [9.17, 15) is 20.4 Å². The first-order valence-corrected chi connectivity index (χ1v) is 16.6. The Morgan fingerprint density at radius 2 is 0.583 bits per heavy atom. The summed E-state index contributed by atoms with van der Waals surface area (Å²) < 4.78 is 0. The van der Waals surface area contributed by atoms with Crippen molar-refractivity contribution in [2.45, 2.75) is 51.9 Å². The van der Waals surface area contributed by atoms with Gasteiger partial charge in [-0.1, -0.05) is 59.7 Å². The number of hydrogen-bond donors (Lipinski definition) is 3. The Morgan fingerprint density at radius 1 is 0.396 bits per heavy atom. The van der Waals surface area contributed by atoms with Gasteiger partial charge in [0.1, 0.15) is 17.2 Å². The van der Waals surface area contributed by atoms with Crippen molar-refractivity contribution in [3.05, 3.63) is 115 Å². The van der Waals surface area contributed by atoms with Crippen molar-refractivity contribution in [3.63, 3.8) is 0 Å². The quantitative estimate of drug-likeness (QED) is 0.220. The van der Waals surface area contributed by atoms with E-state index < -0.39 is 0 Å². The maximum atomic E-state index is 14.2. The second-order valence-electron chi connectivity index (χ2n) is 14.7. The minimum absolute atomic E-state index is 0.0706. The van der Waals surface area contributed by atoms with Gasteiger partial charge < -0.3 is 40.0 Å². The normalized spacial score (nSPS) is 13.2. The van der Waals surface area contributed by atoms with Gasteiger partial charge in [0.2, 0.25) is 0 Å². The molecule has 3 N–H and O–H groups in total. The van der Waals surface area contributed by atoms with Crippen LogP contribution in [0, 0.1) is 0 Å². The third kappa shape index (κ3) is 8.31. The van der Waals surface area contributed by atoms with Gasteiger partial charge in [-0.05, 0) is 112 Å². The van der Waals surface area contributed by atoms with E-state index in [2.05, 4.69) is 19.6 Å². The Kier molecular flexibility index (Phi) is 10.7. The highest BCUT2D eigenvalue weighted by atomic mass is 16.3. The highest BCUT2D eigenvalue weighted by Crippen LogP contribution is 2.39. The monoisotopic (exact) mass is 651 g/mol. The van der Waals surface area contributed by atoms with Crippen LogP contribution in [0.1, 0.15) is 66.8 Å². The molecule has 0 fully saturated rings. The summed E-state index contributed by atoms with van der Waals surface area (Å²) in [6, 6.07) is 16.0. The molecule has 256 valence electrons. The molecule has 0 amide bonds.